The maximum absolute atomic E-state index is 5.49. The smallest absolute Gasteiger partial charge is 0.193 e. The predicted octanol–water partition coefficient (Wildman–Crippen LogP) is 3.27. The van der Waals surface area contributed by atoms with Crippen LogP contribution in [0.15, 0.2) is 23.3 Å². The molecule has 0 radical (unpaired) electrons. The summed E-state index contributed by atoms with van der Waals surface area (Å²) < 4.78 is 5.49. The van der Waals surface area contributed by atoms with Crippen LogP contribution in [-0.4, -0.2) is 62.3 Å². The molecule has 1 spiro atoms. The number of halogens is 1. The Bertz CT molecular complexity index is 656. The molecule has 0 amide bonds. The van der Waals surface area contributed by atoms with E-state index in [1.807, 2.05) is 19.3 Å². The number of rotatable bonds is 3. The van der Waals surface area contributed by atoms with Crippen LogP contribution in [0.3, 0.4) is 0 Å². The maximum atomic E-state index is 5.49. The summed E-state index contributed by atoms with van der Waals surface area (Å²) in [4.78, 5) is 14.0. The van der Waals surface area contributed by atoms with Crippen LogP contribution in [0.4, 0.5) is 5.82 Å². The van der Waals surface area contributed by atoms with Gasteiger partial charge < -0.3 is 19.9 Å². The number of hydrogen-bond donors (Lipinski definition) is 1. The number of ether oxygens (including phenoxy) is 1. The highest BCUT2D eigenvalue weighted by molar-refractivity contribution is 14.0. The molecule has 3 aliphatic rings. The summed E-state index contributed by atoms with van der Waals surface area (Å²) in [5.74, 6) is 2.11. The van der Waals surface area contributed by atoms with Gasteiger partial charge in [0.05, 0.1) is 13.2 Å². The molecule has 156 valence electrons. The van der Waals surface area contributed by atoms with Crippen LogP contribution in [0, 0.1) is 5.41 Å². The molecule has 0 unspecified atom stereocenters. The van der Waals surface area contributed by atoms with E-state index in [4.69, 9.17) is 4.74 Å². The van der Waals surface area contributed by atoms with E-state index in [0.717, 1.165) is 57.7 Å². The van der Waals surface area contributed by atoms with E-state index in [1.165, 1.54) is 44.1 Å². The van der Waals surface area contributed by atoms with Crippen LogP contribution >= 0.6 is 24.0 Å². The second-order valence-corrected chi connectivity index (χ2v) is 8.22. The lowest BCUT2D eigenvalue weighted by Gasteiger charge is -2.33. The quantitative estimate of drug-likeness (QED) is 0.393. The minimum atomic E-state index is 0. The van der Waals surface area contributed by atoms with Crippen molar-refractivity contribution in [1.82, 2.24) is 15.2 Å². The molecular formula is C21H34IN5O. The zero-order valence-electron chi connectivity index (χ0n) is 17.0. The van der Waals surface area contributed by atoms with Gasteiger partial charge in [-0.25, -0.2) is 4.98 Å². The average Bonchev–Trinajstić information content (AvgIpc) is 3.13. The second-order valence-electron chi connectivity index (χ2n) is 8.22. The van der Waals surface area contributed by atoms with E-state index in [9.17, 15) is 0 Å². The first-order valence-electron chi connectivity index (χ1n) is 10.5. The summed E-state index contributed by atoms with van der Waals surface area (Å²) in [6, 6.07) is 4.20. The fourth-order valence-electron chi connectivity index (χ4n) is 4.96. The Morgan fingerprint density at radius 3 is 2.71 bits per heavy atom. The highest BCUT2D eigenvalue weighted by Crippen LogP contribution is 2.43. The van der Waals surface area contributed by atoms with Gasteiger partial charge >= 0.3 is 0 Å². The number of guanidine groups is 1. The van der Waals surface area contributed by atoms with Crippen molar-refractivity contribution in [3.8, 4) is 0 Å². The number of pyridine rings is 1. The minimum absolute atomic E-state index is 0. The number of likely N-dealkylation sites (tertiary alicyclic amines) is 1. The highest BCUT2D eigenvalue weighted by Gasteiger charge is 2.39. The first-order chi connectivity index (χ1) is 13.3. The van der Waals surface area contributed by atoms with Gasteiger partial charge in [0.15, 0.2) is 5.96 Å². The molecule has 0 aromatic carbocycles. The summed E-state index contributed by atoms with van der Waals surface area (Å²) in [6.07, 6.45) is 10.2. The molecule has 0 bridgehead atoms. The third-order valence-corrected chi connectivity index (χ3v) is 6.48. The number of nitrogens with one attached hydrogen (secondary N) is 1. The Morgan fingerprint density at radius 1 is 1.18 bits per heavy atom. The molecule has 28 heavy (non-hydrogen) atoms. The lowest BCUT2D eigenvalue weighted by atomic mass is 9.73. The van der Waals surface area contributed by atoms with Crippen molar-refractivity contribution in [2.24, 2.45) is 10.4 Å². The molecule has 3 heterocycles. The molecule has 7 heteroatoms. The molecule has 1 aliphatic carbocycles. The van der Waals surface area contributed by atoms with Crippen molar-refractivity contribution in [3.05, 3.63) is 23.9 Å². The third-order valence-electron chi connectivity index (χ3n) is 6.48. The summed E-state index contributed by atoms with van der Waals surface area (Å²) in [6.45, 7) is 6.43. The first-order valence-corrected chi connectivity index (χ1v) is 10.5. The van der Waals surface area contributed by atoms with Gasteiger partial charge in [0.25, 0.3) is 0 Å². The summed E-state index contributed by atoms with van der Waals surface area (Å²) in [5.41, 5.74) is 1.77. The van der Waals surface area contributed by atoms with Gasteiger partial charge in [0.1, 0.15) is 5.82 Å². The topological polar surface area (TPSA) is 53.0 Å². The number of nitrogens with zero attached hydrogens (tertiary/aromatic N) is 4. The average molecular weight is 499 g/mol. The largest absolute Gasteiger partial charge is 0.378 e. The lowest BCUT2D eigenvalue weighted by Crippen LogP contribution is -2.42. The summed E-state index contributed by atoms with van der Waals surface area (Å²) >= 11 is 0. The van der Waals surface area contributed by atoms with Crippen LogP contribution < -0.4 is 10.2 Å². The molecule has 1 aromatic heterocycles. The minimum Gasteiger partial charge on any atom is -0.378 e. The normalized spacial score (nSPS) is 22.2. The van der Waals surface area contributed by atoms with Gasteiger partial charge in [-0.1, -0.05) is 25.3 Å². The number of morpholine rings is 1. The van der Waals surface area contributed by atoms with E-state index in [1.54, 1.807) is 0 Å². The summed E-state index contributed by atoms with van der Waals surface area (Å²) in [5, 5.41) is 3.61. The first kappa shape index (κ1) is 21.6. The van der Waals surface area contributed by atoms with Crippen LogP contribution in [0.25, 0.3) is 0 Å². The Hall–Kier alpha value is -1.09. The molecule has 1 N–H and O–H groups in total. The third kappa shape index (κ3) is 4.90. The number of aliphatic imine (C=N–C) groups is 1. The van der Waals surface area contributed by atoms with Crippen LogP contribution in [-0.2, 0) is 11.3 Å². The molecule has 6 nitrogen and oxygen atoms in total. The lowest BCUT2D eigenvalue weighted by molar-refractivity contribution is 0.122. The standard InChI is InChI=1S/C21H33N5O.HI/c1-22-20(26-11-9-21(17-26)7-3-2-4-8-21)24-16-18-6-5-10-23-19(18)25-12-14-27-15-13-25;/h5-6,10H,2-4,7-9,11-17H2,1H3,(H,22,24);1H. The van der Waals surface area contributed by atoms with Crippen molar-refractivity contribution >= 4 is 35.8 Å². The highest BCUT2D eigenvalue weighted by atomic mass is 127. The molecule has 3 fully saturated rings. The maximum Gasteiger partial charge on any atom is 0.193 e. The van der Waals surface area contributed by atoms with E-state index < -0.39 is 0 Å². The Balaban J connectivity index is 0.00000225. The zero-order chi connectivity index (χ0) is 18.5. The second kappa shape index (κ2) is 10.1. The number of anilines is 1. The molecular weight excluding hydrogens is 465 g/mol. The molecule has 2 aliphatic heterocycles. The monoisotopic (exact) mass is 499 g/mol. The molecule has 4 rings (SSSR count). The Kier molecular flexibility index (Phi) is 7.79. The van der Waals surface area contributed by atoms with Crippen molar-refractivity contribution in [2.75, 3.05) is 51.3 Å². The van der Waals surface area contributed by atoms with E-state index in [-0.39, 0.29) is 24.0 Å². The Labute approximate surface area is 186 Å². The van der Waals surface area contributed by atoms with Gasteiger partial charge in [0.2, 0.25) is 0 Å². The van der Waals surface area contributed by atoms with Gasteiger partial charge in [-0.15, -0.1) is 24.0 Å². The van der Waals surface area contributed by atoms with Crippen molar-refractivity contribution in [1.29, 1.82) is 0 Å². The van der Waals surface area contributed by atoms with Gasteiger partial charge in [0, 0.05) is 51.5 Å². The van der Waals surface area contributed by atoms with Crippen molar-refractivity contribution < 1.29 is 4.74 Å². The fourth-order valence-corrected chi connectivity index (χ4v) is 4.96. The van der Waals surface area contributed by atoms with Crippen LogP contribution in [0.2, 0.25) is 0 Å². The molecule has 1 saturated carbocycles. The van der Waals surface area contributed by atoms with Crippen molar-refractivity contribution in [3.63, 3.8) is 0 Å². The van der Waals surface area contributed by atoms with Crippen LogP contribution in [0.5, 0.6) is 0 Å². The molecule has 1 aromatic rings. The van der Waals surface area contributed by atoms with E-state index >= 15 is 0 Å². The summed E-state index contributed by atoms with van der Waals surface area (Å²) in [7, 11) is 1.90. The number of aromatic nitrogens is 1. The van der Waals surface area contributed by atoms with Gasteiger partial charge in [-0.2, -0.15) is 0 Å². The molecule has 2 saturated heterocycles. The zero-order valence-corrected chi connectivity index (χ0v) is 19.4. The predicted molar refractivity (Wildman–Crippen MR) is 125 cm³/mol. The van der Waals surface area contributed by atoms with Gasteiger partial charge in [-0.05, 0) is 30.7 Å². The molecule has 0 atom stereocenters. The fraction of sp³-hybridized carbons (Fsp3) is 0.714. The van der Waals surface area contributed by atoms with Crippen LogP contribution in [0.1, 0.15) is 44.1 Å². The Morgan fingerprint density at radius 2 is 1.96 bits per heavy atom. The van der Waals surface area contributed by atoms with E-state index in [0.29, 0.717) is 5.41 Å². The van der Waals surface area contributed by atoms with E-state index in [2.05, 4.69) is 31.2 Å². The number of hydrogen-bond acceptors (Lipinski definition) is 4. The van der Waals surface area contributed by atoms with Gasteiger partial charge in [-0.3, -0.25) is 4.99 Å². The SMILES string of the molecule is CN=C(NCc1cccnc1N1CCOCC1)N1CCC2(CCCCC2)C1.I. The van der Waals surface area contributed by atoms with Crippen molar-refractivity contribution in [2.45, 2.75) is 45.1 Å².